The molecule has 0 atom stereocenters. The van der Waals surface area contributed by atoms with Gasteiger partial charge in [-0.1, -0.05) is 58.9 Å². The molecule has 8 nitrogen and oxygen atoms in total. The molecule has 32 heavy (non-hydrogen) atoms. The molecule has 0 aliphatic rings. The van der Waals surface area contributed by atoms with E-state index in [-0.39, 0.29) is 12.3 Å². The Hall–Kier alpha value is -3.46. The molecule has 0 bridgehead atoms. The van der Waals surface area contributed by atoms with Crippen molar-refractivity contribution in [3.8, 4) is 11.4 Å². The van der Waals surface area contributed by atoms with E-state index in [1.807, 2.05) is 63.2 Å². The van der Waals surface area contributed by atoms with Crippen LogP contribution in [-0.2, 0) is 17.0 Å². The number of amides is 1. The average Bonchev–Trinajstić information content (AvgIpc) is 3.44. The van der Waals surface area contributed by atoms with Crippen LogP contribution in [0.5, 0.6) is 0 Å². The second-order valence-corrected chi connectivity index (χ2v) is 8.46. The van der Waals surface area contributed by atoms with Gasteiger partial charge in [0.15, 0.2) is 11.6 Å². The lowest BCUT2D eigenvalue weighted by Gasteiger charge is -2.09. The molecular weight excluding hydrogens is 424 g/mol. The van der Waals surface area contributed by atoms with Gasteiger partial charge in [-0.05, 0) is 38.0 Å². The molecule has 2 aromatic carbocycles. The van der Waals surface area contributed by atoms with E-state index in [9.17, 15) is 4.79 Å². The van der Waals surface area contributed by atoms with Crippen molar-refractivity contribution in [2.75, 3.05) is 5.32 Å². The molecule has 0 saturated heterocycles. The third kappa shape index (κ3) is 5.42. The summed E-state index contributed by atoms with van der Waals surface area (Å²) in [5.74, 6) is 2.09. The molecule has 9 heteroatoms. The largest absolute Gasteiger partial charge is 0.339 e. The summed E-state index contributed by atoms with van der Waals surface area (Å²) in [4.78, 5) is 21.1. The standard InChI is InChI=1S/C23H24N6O2S/c1-14-7-9-17(10-8-14)22-26-23(28-27-22)32-13-19-25-21(31-29-19)12-11-20(30)24-18-6-4-5-15(2)16(18)3/h4-10H,11-13H2,1-3H3,(H,24,30)(H,26,27,28). The van der Waals surface area contributed by atoms with Crippen molar-refractivity contribution in [3.05, 3.63) is 70.9 Å². The van der Waals surface area contributed by atoms with E-state index < -0.39 is 0 Å². The average molecular weight is 449 g/mol. The summed E-state index contributed by atoms with van der Waals surface area (Å²) in [5, 5.41) is 14.7. The maximum absolute atomic E-state index is 12.3. The van der Waals surface area contributed by atoms with Gasteiger partial charge in [-0.3, -0.25) is 9.89 Å². The van der Waals surface area contributed by atoms with Gasteiger partial charge in [-0.15, -0.1) is 5.10 Å². The first kappa shape index (κ1) is 21.8. The van der Waals surface area contributed by atoms with Crippen LogP contribution in [0.2, 0.25) is 0 Å². The maximum Gasteiger partial charge on any atom is 0.227 e. The predicted octanol–water partition coefficient (Wildman–Crippen LogP) is 4.64. The lowest BCUT2D eigenvalue weighted by atomic mass is 10.1. The molecule has 0 aliphatic carbocycles. The van der Waals surface area contributed by atoms with E-state index in [1.165, 1.54) is 17.3 Å². The first-order chi connectivity index (χ1) is 15.5. The number of nitrogens with zero attached hydrogens (tertiary/aromatic N) is 4. The maximum atomic E-state index is 12.3. The number of hydrogen-bond donors (Lipinski definition) is 2. The first-order valence-electron chi connectivity index (χ1n) is 10.3. The minimum atomic E-state index is -0.0859. The summed E-state index contributed by atoms with van der Waals surface area (Å²) < 4.78 is 5.28. The van der Waals surface area contributed by atoms with Crippen LogP contribution in [0.15, 0.2) is 52.1 Å². The Labute approximate surface area is 190 Å². The number of H-pyrrole nitrogens is 1. The molecule has 2 N–H and O–H groups in total. The molecule has 2 aromatic heterocycles. The Morgan fingerprint density at radius 2 is 1.91 bits per heavy atom. The molecule has 0 fully saturated rings. The van der Waals surface area contributed by atoms with E-state index >= 15 is 0 Å². The lowest BCUT2D eigenvalue weighted by Crippen LogP contribution is -2.13. The van der Waals surface area contributed by atoms with Crippen LogP contribution in [-0.4, -0.2) is 31.2 Å². The Morgan fingerprint density at radius 3 is 2.72 bits per heavy atom. The zero-order valence-electron chi connectivity index (χ0n) is 18.2. The van der Waals surface area contributed by atoms with Crippen LogP contribution >= 0.6 is 11.8 Å². The summed E-state index contributed by atoms with van der Waals surface area (Å²) in [6.07, 6.45) is 0.648. The zero-order chi connectivity index (χ0) is 22.5. The molecule has 1 amide bonds. The fraction of sp³-hybridized carbons (Fsp3) is 0.261. The quantitative estimate of drug-likeness (QED) is 0.378. The van der Waals surface area contributed by atoms with Crippen molar-refractivity contribution < 1.29 is 9.32 Å². The Kier molecular flexibility index (Phi) is 6.65. The molecule has 164 valence electrons. The molecule has 0 radical (unpaired) electrons. The smallest absolute Gasteiger partial charge is 0.227 e. The number of anilines is 1. The van der Waals surface area contributed by atoms with Crippen LogP contribution in [0.25, 0.3) is 11.4 Å². The SMILES string of the molecule is Cc1ccc(-c2nc(SCc3noc(CCC(=O)Nc4cccc(C)c4C)n3)n[nH]2)cc1. The number of rotatable bonds is 8. The van der Waals surface area contributed by atoms with Crippen molar-refractivity contribution in [1.82, 2.24) is 25.3 Å². The second-order valence-electron chi connectivity index (χ2n) is 7.52. The summed E-state index contributed by atoms with van der Waals surface area (Å²) in [6.45, 7) is 6.05. The van der Waals surface area contributed by atoms with E-state index in [2.05, 4.69) is 30.6 Å². The van der Waals surface area contributed by atoms with E-state index in [1.54, 1.807) is 0 Å². The molecule has 0 spiro atoms. The van der Waals surface area contributed by atoms with Gasteiger partial charge in [0.25, 0.3) is 0 Å². The number of aryl methyl sites for hydroxylation is 3. The Balaban J connectivity index is 1.26. The number of nitrogens with one attached hydrogen (secondary N) is 2. The first-order valence-corrected chi connectivity index (χ1v) is 11.3. The van der Waals surface area contributed by atoms with Gasteiger partial charge in [0.05, 0.1) is 5.75 Å². The van der Waals surface area contributed by atoms with Crippen molar-refractivity contribution >= 4 is 23.4 Å². The molecule has 0 saturated carbocycles. The topological polar surface area (TPSA) is 110 Å². The Morgan fingerprint density at radius 1 is 1.09 bits per heavy atom. The molecule has 4 rings (SSSR count). The number of hydrogen-bond acceptors (Lipinski definition) is 7. The monoisotopic (exact) mass is 448 g/mol. The molecule has 2 heterocycles. The van der Waals surface area contributed by atoms with Gasteiger partial charge in [0.1, 0.15) is 0 Å². The number of benzene rings is 2. The van der Waals surface area contributed by atoms with Crippen molar-refractivity contribution in [3.63, 3.8) is 0 Å². The number of carbonyl (C=O) groups is 1. The van der Waals surface area contributed by atoms with E-state index in [0.29, 0.717) is 29.0 Å². The van der Waals surface area contributed by atoms with Gasteiger partial charge in [0.2, 0.25) is 17.0 Å². The number of aromatic amines is 1. The number of carbonyl (C=O) groups excluding carboxylic acids is 1. The van der Waals surface area contributed by atoms with Crippen LogP contribution < -0.4 is 5.32 Å². The third-order valence-corrected chi connectivity index (χ3v) is 5.92. The number of aromatic nitrogens is 5. The highest BCUT2D eigenvalue weighted by Gasteiger charge is 2.12. The van der Waals surface area contributed by atoms with Crippen molar-refractivity contribution in [2.45, 2.75) is 44.5 Å². The molecule has 4 aromatic rings. The minimum Gasteiger partial charge on any atom is -0.339 e. The summed E-state index contributed by atoms with van der Waals surface area (Å²) in [5.41, 5.74) is 5.21. The van der Waals surface area contributed by atoms with Gasteiger partial charge >= 0.3 is 0 Å². The van der Waals surface area contributed by atoms with Crippen molar-refractivity contribution in [2.24, 2.45) is 0 Å². The fourth-order valence-corrected chi connectivity index (χ4v) is 3.69. The normalized spacial score (nSPS) is 11.0. The Bertz CT molecular complexity index is 1220. The van der Waals surface area contributed by atoms with Gasteiger partial charge in [-0.2, -0.15) is 4.98 Å². The second kappa shape index (κ2) is 9.78. The summed E-state index contributed by atoms with van der Waals surface area (Å²) in [7, 11) is 0. The van der Waals surface area contributed by atoms with Crippen molar-refractivity contribution in [1.29, 1.82) is 0 Å². The van der Waals surface area contributed by atoms with Crippen LogP contribution in [0, 0.1) is 20.8 Å². The fourth-order valence-electron chi connectivity index (χ4n) is 3.05. The number of thioether (sulfide) groups is 1. The van der Waals surface area contributed by atoms with E-state index in [0.717, 1.165) is 28.2 Å². The van der Waals surface area contributed by atoms with Crippen LogP contribution in [0.1, 0.15) is 34.8 Å². The lowest BCUT2D eigenvalue weighted by molar-refractivity contribution is -0.116. The highest BCUT2D eigenvalue weighted by Crippen LogP contribution is 2.22. The van der Waals surface area contributed by atoms with Gasteiger partial charge in [-0.25, -0.2) is 4.98 Å². The zero-order valence-corrected chi connectivity index (χ0v) is 19.0. The van der Waals surface area contributed by atoms with Gasteiger partial charge < -0.3 is 9.84 Å². The minimum absolute atomic E-state index is 0.0859. The summed E-state index contributed by atoms with van der Waals surface area (Å²) in [6, 6.07) is 13.9. The van der Waals surface area contributed by atoms with Crippen LogP contribution in [0.3, 0.4) is 0 Å². The molecule has 0 aliphatic heterocycles. The highest BCUT2D eigenvalue weighted by molar-refractivity contribution is 7.98. The predicted molar refractivity (Wildman–Crippen MR) is 123 cm³/mol. The molecular formula is C23H24N6O2S. The van der Waals surface area contributed by atoms with Crippen LogP contribution in [0.4, 0.5) is 5.69 Å². The van der Waals surface area contributed by atoms with Gasteiger partial charge in [0, 0.05) is 24.1 Å². The highest BCUT2D eigenvalue weighted by atomic mass is 32.2. The third-order valence-electron chi connectivity index (χ3n) is 5.08. The summed E-state index contributed by atoms with van der Waals surface area (Å²) >= 11 is 1.42. The van der Waals surface area contributed by atoms with E-state index in [4.69, 9.17) is 4.52 Å². The molecule has 0 unspecified atom stereocenters.